The van der Waals surface area contributed by atoms with Gasteiger partial charge in [0.2, 0.25) is 0 Å². The van der Waals surface area contributed by atoms with Gasteiger partial charge in [0.15, 0.2) is 17.5 Å². The molecule has 0 saturated heterocycles. The van der Waals surface area contributed by atoms with E-state index in [1.54, 1.807) is 0 Å². The summed E-state index contributed by atoms with van der Waals surface area (Å²) in [5, 5.41) is 6.66. The molecule has 3 aromatic heterocycles. The van der Waals surface area contributed by atoms with E-state index >= 15 is 0 Å². The van der Waals surface area contributed by atoms with Crippen molar-refractivity contribution in [3.8, 4) is 45.3 Å². The number of allylic oxidation sites excluding steroid dienone is 1. The molecule has 0 N–H and O–H groups in total. The highest BCUT2D eigenvalue weighted by atomic mass is 16.3. The van der Waals surface area contributed by atoms with Crippen molar-refractivity contribution in [1.82, 2.24) is 15.0 Å². The quantitative estimate of drug-likeness (QED) is 0.187. The number of aryl methyl sites for hydroxylation is 1. The molecule has 244 valence electrons. The van der Waals surface area contributed by atoms with Crippen LogP contribution in [0.3, 0.4) is 0 Å². The first-order chi connectivity index (χ1) is 25.7. The van der Waals surface area contributed by atoms with Crippen LogP contribution in [-0.2, 0) is 6.42 Å². The molecule has 0 aliphatic heterocycles. The van der Waals surface area contributed by atoms with Crippen LogP contribution in [-0.4, -0.2) is 15.0 Å². The van der Waals surface area contributed by atoms with Gasteiger partial charge < -0.3 is 8.83 Å². The summed E-state index contributed by atoms with van der Waals surface area (Å²) in [5.41, 5.74) is 11.1. The first kappa shape index (κ1) is 28.9. The minimum Gasteiger partial charge on any atom is -0.456 e. The maximum absolute atomic E-state index is 6.26. The average molecular weight is 668 g/mol. The molecule has 0 saturated carbocycles. The molecule has 0 spiro atoms. The summed E-state index contributed by atoms with van der Waals surface area (Å²) in [4.78, 5) is 15.3. The minimum absolute atomic E-state index is 0.604. The van der Waals surface area contributed by atoms with Crippen LogP contribution in [0.15, 0.2) is 154 Å². The molecule has 10 aromatic rings. The third kappa shape index (κ3) is 4.67. The zero-order valence-electron chi connectivity index (χ0n) is 28.0. The Bertz CT molecular complexity index is 3090. The third-order valence-corrected chi connectivity index (χ3v) is 10.4. The standard InChI is InChI=1S/C47H29N3O2/c1-2-9-30-24-32(20-17-28(30)8-1)45-48-46(50-47(49-45)34-22-23-38-37-10-3-5-13-40(37)52-43(38)27-34)33-21-18-29-16-19-31(25-35(29)26-33)36-12-7-15-42-44(36)39-11-4-6-14-41(39)51-42/h1,3-8,10-27H,2,9H2. The van der Waals surface area contributed by atoms with Crippen LogP contribution in [0.1, 0.15) is 17.5 Å². The lowest BCUT2D eigenvalue weighted by Gasteiger charge is -2.13. The molecule has 5 heteroatoms. The Morgan fingerprint density at radius 1 is 0.442 bits per heavy atom. The van der Waals surface area contributed by atoms with Crippen molar-refractivity contribution in [3.05, 3.63) is 157 Å². The number of rotatable bonds is 4. The minimum atomic E-state index is 0.604. The van der Waals surface area contributed by atoms with E-state index in [4.69, 9.17) is 23.8 Å². The molecule has 3 heterocycles. The fraction of sp³-hybridized carbons (Fsp3) is 0.0426. The van der Waals surface area contributed by atoms with Crippen LogP contribution in [0.2, 0.25) is 0 Å². The zero-order chi connectivity index (χ0) is 34.2. The van der Waals surface area contributed by atoms with Crippen molar-refractivity contribution in [2.24, 2.45) is 0 Å². The summed E-state index contributed by atoms with van der Waals surface area (Å²) >= 11 is 0. The molecule has 52 heavy (non-hydrogen) atoms. The highest BCUT2D eigenvalue weighted by Crippen LogP contribution is 2.38. The molecule has 11 rings (SSSR count). The Morgan fingerprint density at radius 3 is 1.90 bits per heavy atom. The zero-order valence-corrected chi connectivity index (χ0v) is 28.0. The lowest BCUT2D eigenvalue weighted by molar-refractivity contribution is 0.668. The van der Waals surface area contributed by atoms with E-state index in [1.807, 2.05) is 42.5 Å². The van der Waals surface area contributed by atoms with E-state index in [-0.39, 0.29) is 0 Å². The molecule has 7 aromatic carbocycles. The second-order valence-corrected chi connectivity index (χ2v) is 13.5. The molecule has 0 unspecified atom stereocenters. The second kappa shape index (κ2) is 11.3. The van der Waals surface area contributed by atoms with Crippen LogP contribution >= 0.6 is 0 Å². The first-order valence-electron chi connectivity index (χ1n) is 17.6. The SMILES string of the molecule is C1=Cc2ccc(-c3nc(-c4ccc5ccc(-c6cccc7oc8ccccc8c67)cc5c4)nc(-c4ccc5c(c4)oc4ccccc45)n3)cc2CC1. The lowest BCUT2D eigenvalue weighted by Crippen LogP contribution is -2.01. The number of hydrogen-bond acceptors (Lipinski definition) is 5. The third-order valence-electron chi connectivity index (χ3n) is 10.4. The Hall–Kier alpha value is -6.85. The van der Waals surface area contributed by atoms with E-state index in [0.717, 1.165) is 95.3 Å². The summed E-state index contributed by atoms with van der Waals surface area (Å²) in [6, 6.07) is 48.5. The molecule has 0 fully saturated rings. The van der Waals surface area contributed by atoms with Crippen molar-refractivity contribution < 1.29 is 8.83 Å². The predicted octanol–water partition coefficient (Wildman–Crippen LogP) is 12.5. The van der Waals surface area contributed by atoms with Gasteiger partial charge in [-0.25, -0.2) is 15.0 Å². The van der Waals surface area contributed by atoms with E-state index in [9.17, 15) is 0 Å². The molecule has 0 radical (unpaired) electrons. The number of hydrogen-bond donors (Lipinski definition) is 0. The number of aromatic nitrogens is 3. The molecular formula is C47H29N3O2. The van der Waals surface area contributed by atoms with Gasteiger partial charge in [-0.3, -0.25) is 0 Å². The van der Waals surface area contributed by atoms with Crippen LogP contribution in [0.4, 0.5) is 0 Å². The number of para-hydroxylation sites is 2. The van der Waals surface area contributed by atoms with Crippen LogP contribution < -0.4 is 0 Å². The normalized spacial score (nSPS) is 12.8. The molecular weight excluding hydrogens is 639 g/mol. The molecule has 1 aliphatic carbocycles. The monoisotopic (exact) mass is 667 g/mol. The average Bonchev–Trinajstić information content (AvgIpc) is 3.78. The smallest absolute Gasteiger partial charge is 0.164 e. The van der Waals surface area contributed by atoms with Gasteiger partial charge in [0.25, 0.3) is 0 Å². The fourth-order valence-electron chi connectivity index (χ4n) is 7.77. The summed E-state index contributed by atoms with van der Waals surface area (Å²) in [6.45, 7) is 0. The van der Waals surface area contributed by atoms with Gasteiger partial charge in [-0.05, 0) is 94.4 Å². The van der Waals surface area contributed by atoms with Crippen LogP contribution in [0.5, 0.6) is 0 Å². The van der Waals surface area contributed by atoms with Crippen molar-refractivity contribution >= 4 is 60.7 Å². The van der Waals surface area contributed by atoms with Crippen molar-refractivity contribution in [3.63, 3.8) is 0 Å². The van der Waals surface area contributed by atoms with Crippen molar-refractivity contribution in [1.29, 1.82) is 0 Å². The first-order valence-corrected chi connectivity index (χ1v) is 17.6. The Kier molecular flexibility index (Phi) is 6.31. The van der Waals surface area contributed by atoms with Crippen LogP contribution in [0, 0.1) is 0 Å². The van der Waals surface area contributed by atoms with Gasteiger partial charge in [-0.1, -0.05) is 103 Å². The highest BCUT2D eigenvalue weighted by molar-refractivity contribution is 6.13. The summed E-state index contributed by atoms with van der Waals surface area (Å²) in [7, 11) is 0. The van der Waals surface area contributed by atoms with Crippen molar-refractivity contribution in [2.45, 2.75) is 12.8 Å². The molecule has 0 atom stereocenters. The van der Waals surface area contributed by atoms with E-state index < -0.39 is 0 Å². The Balaban J connectivity index is 1.07. The van der Waals surface area contributed by atoms with Crippen molar-refractivity contribution in [2.75, 3.05) is 0 Å². The molecule has 5 nitrogen and oxygen atoms in total. The topological polar surface area (TPSA) is 65.0 Å². The van der Waals surface area contributed by atoms with E-state index in [2.05, 4.69) is 109 Å². The molecule has 1 aliphatic rings. The molecule has 0 bridgehead atoms. The summed E-state index contributed by atoms with van der Waals surface area (Å²) < 4.78 is 12.5. The van der Waals surface area contributed by atoms with E-state index in [1.165, 1.54) is 11.1 Å². The van der Waals surface area contributed by atoms with Gasteiger partial charge in [0, 0.05) is 38.2 Å². The Labute approximate surface area is 298 Å². The van der Waals surface area contributed by atoms with Gasteiger partial charge in [0.05, 0.1) is 0 Å². The number of furan rings is 2. The summed E-state index contributed by atoms with van der Waals surface area (Å²) in [5.74, 6) is 1.87. The Morgan fingerprint density at radius 2 is 1.06 bits per heavy atom. The maximum Gasteiger partial charge on any atom is 0.164 e. The maximum atomic E-state index is 6.26. The van der Waals surface area contributed by atoms with Gasteiger partial charge in [-0.2, -0.15) is 0 Å². The van der Waals surface area contributed by atoms with Gasteiger partial charge >= 0.3 is 0 Å². The van der Waals surface area contributed by atoms with Crippen LogP contribution in [0.25, 0.3) is 106 Å². The van der Waals surface area contributed by atoms with E-state index in [0.29, 0.717) is 17.5 Å². The van der Waals surface area contributed by atoms with Gasteiger partial charge in [-0.15, -0.1) is 0 Å². The number of nitrogens with zero attached hydrogens (tertiary/aromatic N) is 3. The highest BCUT2D eigenvalue weighted by Gasteiger charge is 2.17. The lowest BCUT2D eigenvalue weighted by atomic mass is 9.95. The van der Waals surface area contributed by atoms with Gasteiger partial charge in [0.1, 0.15) is 22.3 Å². The second-order valence-electron chi connectivity index (χ2n) is 13.5. The number of benzene rings is 7. The predicted molar refractivity (Wildman–Crippen MR) is 211 cm³/mol. The fourth-order valence-corrected chi connectivity index (χ4v) is 7.77. The number of fused-ring (bicyclic) bond motifs is 8. The molecule has 0 amide bonds. The summed E-state index contributed by atoms with van der Waals surface area (Å²) in [6.07, 6.45) is 6.47. The largest absolute Gasteiger partial charge is 0.456 e.